The SMILES string of the molecule is CC(C)CNCc1sc(-c2ccco2)nc1C(F)(F)F. The first kappa shape index (κ1) is 15.1. The van der Waals surface area contributed by atoms with Gasteiger partial charge in [-0.05, 0) is 24.6 Å². The maximum atomic E-state index is 13.0. The van der Waals surface area contributed by atoms with Crippen molar-refractivity contribution >= 4 is 11.3 Å². The molecule has 0 aliphatic heterocycles. The highest BCUT2D eigenvalue weighted by molar-refractivity contribution is 7.15. The second-order valence-electron chi connectivity index (χ2n) is 4.79. The summed E-state index contributed by atoms with van der Waals surface area (Å²) in [6, 6.07) is 3.23. The number of aromatic nitrogens is 1. The average molecular weight is 304 g/mol. The number of nitrogens with one attached hydrogen (secondary N) is 1. The lowest BCUT2D eigenvalue weighted by atomic mass is 10.2. The maximum Gasteiger partial charge on any atom is 0.434 e. The Morgan fingerprint density at radius 3 is 2.70 bits per heavy atom. The van der Waals surface area contributed by atoms with E-state index in [1.165, 1.54) is 6.26 Å². The number of halogens is 3. The fourth-order valence-corrected chi connectivity index (χ4v) is 2.69. The van der Waals surface area contributed by atoms with Gasteiger partial charge in [0.2, 0.25) is 0 Å². The van der Waals surface area contributed by atoms with E-state index in [9.17, 15) is 13.2 Å². The van der Waals surface area contributed by atoms with Gasteiger partial charge in [-0.2, -0.15) is 13.2 Å². The van der Waals surface area contributed by atoms with Crippen molar-refractivity contribution in [2.75, 3.05) is 6.54 Å². The molecule has 110 valence electrons. The van der Waals surface area contributed by atoms with Crippen LogP contribution >= 0.6 is 11.3 Å². The topological polar surface area (TPSA) is 38.1 Å². The number of hydrogen-bond donors (Lipinski definition) is 1. The summed E-state index contributed by atoms with van der Waals surface area (Å²) >= 11 is 1.01. The van der Waals surface area contributed by atoms with Gasteiger partial charge in [0.25, 0.3) is 0 Å². The lowest BCUT2D eigenvalue weighted by Crippen LogP contribution is -2.20. The Morgan fingerprint density at radius 2 is 2.15 bits per heavy atom. The molecule has 0 amide bonds. The maximum absolute atomic E-state index is 13.0. The van der Waals surface area contributed by atoms with E-state index in [-0.39, 0.29) is 16.4 Å². The van der Waals surface area contributed by atoms with Crippen LogP contribution in [0.3, 0.4) is 0 Å². The van der Waals surface area contributed by atoms with E-state index in [1.54, 1.807) is 12.1 Å². The summed E-state index contributed by atoms with van der Waals surface area (Å²) in [6.45, 7) is 4.81. The molecule has 3 nitrogen and oxygen atoms in total. The first-order valence-electron chi connectivity index (χ1n) is 6.19. The molecule has 0 saturated carbocycles. The lowest BCUT2D eigenvalue weighted by molar-refractivity contribution is -0.141. The zero-order valence-corrected chi connectivity index (χ0v) is 11.9. The number of thiazole rings is 1. The Hall–Kier alpha value is -1.34. The van der Waals surface area contributed by atoms with Crippen molar-refractivity contribution in [2.45, 2.75) is 26.6 Å². The summed E-state index contributed by atoms with van der Waals surface area (Å²) in [4.78, 5) is 3.87. The van der Waals surface area contributed by atoms with Gasteiger partial charge in [0.1, 0.15) is 0 Å². The number of furan rings is 1. The summed E-state index contributed by atoms with van der Waals surface area (Å²) in [6.07, 6.45) is -3.03. The molecular weight excluding hydrogens is 289 g/mol. The van der Waals surface area contributed by atoms with Gasteiger partial charge in [-0.25, -0.2) is 4.98 Å². The highest BCUT2D eigenvalue weighted by Gasteiger charge is 2.37. The third kappa shape index (κ3) is 3.61. The van der Waals surface area contributed by atoms with Crippen molar-refractivity contribution in [3.63, 3.8) is 0 Å². The summed E-state index contributed by atoms with van der Waals surface area (Å²) < 4.78 is 44.0. The highest BCUT2D eigenvalue weighted by Crippen LogP contribution is 2.37. The molecule has 2 heterocycles. The third-order valence-electron chi connectivity index (χ3n) is 2.54. The third-order valence-corrected chi connectivity index (χ3v) is 3.61. The number of rotatable bonds is 5. The van der Waals surface area contributed by atoms with Crippen LogP contribution in [0, 0.1) is 5.92 Å². The number of hydrogen-bond acceptors (Lipinski definition) is 4. The Morgan fingerprint density at radius 1 is 1.40 bits per heavy atom. The van der Waals surface area contributed by atoms with Crippen molar-refractivity contribution in [1.29, 1.82) is 0 Å². The minimum atomic E-state index is -4.45. The van der Waals surface area contributed by atoms with Crippen LogP contribution in [0.25, 0.3) is 10.8 Å². The largest absolute Gasteiger partial charge is 0.462 e. The molecule has 0 bridgehead atoms. The Balaban J connectivity index is 2.24. The quantitative estimate of drug-likeness (QED) is 0.901. The second-order valence-corrected chi connectivity index (χ2v) is 5.87. The smallest absolute Gasteiger partial charge is 0.434 e. The van der Waals surface area contributed by atoms with Crippen LogP contribution in [0.5, 0.6) is 0 Å². The van der Waals surface area contributed by atoms with Crippen molar-refractivity contribution in [2.24, 2.45) is 5.92 Å². The van der Waals surface area contributed by atoms with Gasteiger partial charge in [0, 0.05) is 6.54 Å². The van der Waals surface area contributed by atoms with Crippen molar-refractivity contribution in [1.82, 2.24) is 10.3 Å². The van der Waals surface area contributed by atoms with E-state index < -0.39 is 11.9 Å². The monoisotopic (exact) mass is 304 g/mol. The zero-order chi connectivity index (χ0) is 14.8. The van der Waals surface area contributed by atoms with Crippen LogP contribution < -0.4 is 5.32 Å². The van der Waals surface area contributed by atoms with Crippen molar-refractivity contribution < 1.29 is 17.6 Å². The molecule has 2 aromatic heterocycles. The molecule has 20 heavy (non-hydrogen) atoms. The van der Waals surface area contributed by atoms with Gasteiger partial charge < -0.3 is 9.73 Å². The normalized spacial score (nSPS) is 12.3. The van der Waals surface area contributed by atoms with Crippen LogP contribution in [0.15, 0.2) is 22.8 Å². The fraction of sp³-hybridized carbons (Fsp3) is 0.462. The molecule has 0 saturated heterocycles. The fourth-order valence-electron chi connectivity index (χ4n) is 1.67. The molecule has 0 unspecified atom stereocenters. The average Bonchev–Trinajstić information content (AvgIpc) is 2.94. The minimum absolute atomic E-state index is 0.158. The lowest BCUT2D eigenvalue weighted by Gasteiger charge is -2.08. The summed E-state index contributed by atoms with van der Waals surface area (Å²) in [5.74, 6) is 0.734. The van der Waals surface area contributed by atoms with Crippen LogP contribution in [-0.4, -0.2) is 11.5 Å². The molecule has 0 aliphatic rings. The molecule has 2 rings (SSSR count). The second kappa shape index (κ2) is 5.97. The highest BCUT2D eigenvalue weighted by atomic mass is 32.1. The van der Waals surface area contributed by atoms with Gasteiger partial charge in [0.15, 0.2) is 16.5 Å². The molecule has 0 aliphatic carbocycles. The van der Waals surface area contributed by atoms with Gasteiger partial charge in [-0.15, -0.1) is 11.3 Å². The van der Waals surface area contributed by atoms with E-state index in [0.29, 0.717) is 18.2 Å². The molecule has 0 fully saturated rings. The Kier molecular flexibility index (Phi) is 4.49. The van der Waals surface area contributed by atoms with Crippen LogP contribution in [-0.2, 0) is 12.7 Å². The van der Waals surface area contributed by atoms with Gasteiger partial charge in [-0.1, -0.05) is 13.8 Å². The van der Waals surface area contributed by atoms with E-state index in [4.69, 9.17) is 4.42 Å². The van der Waals surface area contributed by atoms with Crippen molar-refractivity contribution in [3.8, 4) is 10.8 Å². The molecule has 7 heteroatoms. The summed E-state index contributed by atoms with van der Waals surface area (Å²) in [7, 11) is 0. The molecule has 0 spiro atoms. The van der Waals surface area contributed by atoms with Crippen LogP contribution in [0.1, 0.15) is 24.4 Å². The number of alkyl halides is 3. The zero-order valence-electron chi connectivity index (χ0n) is 11.1. The molecule has 2 aromatic rings. The van der Waals surface area contributed by atoms with E-state index in [1.807, 2.05) is 13.8 Å². The predicted octanol–water partition coefficient (Wildman–Crippen LogP) is 4.17. The van der Waals surface area contributed by atoms with E-state index in [0.717, 1.165) is 11.3 Å². The van der Waals surface area contributed by atoms with Crippen molar-refractivity contribution in [3.05, 3.63) is 29.0 Å². The van der Waals surface area contributed by atoms with E-state index in [2.05, 4.69) is 10.3 Å². The first-order valence-corrected chi connectivity index (χ1v) is 7.01. The standard InChI is InChI=1S/C13H15F3N2OS/c1-8(2)6-17-7-10-11(13(14,15)16)18-12(20-10)9-4-3-5-19-9/h3-5,8,17H,6-7H2,1-2H3. The molecular formula is C13H15F3N2OS. The van der Waals surface area contributed by atoms with Crippen LogP contribution in [0.2, 0.25) is 0 Å². The molecule has 1 N–H and O–H groups in total. The van der Waals surface area contributed by atoms with Gasteiger partial charge >= 0.3 is 6.18 Å². The minimum Gasteiger partial charge on any atom is -0.462 e. The molecule has 0 atom stereocenters. The predicted molar refractivity (Wildman–Crippen MR) is 71.4 cm³/mol. The van der Waals surface area contributed by atoms with E-state index >= 15 is 0 Å². The van der Waals surface area contributed by atoms with Gasteiger partial charge in [0.05, 0.1) is 11.1 Å². The molecule has 0 radical (unpaired) electrons. The Bertz CT molecular complexity index is 546. The van der Waals surface area contributed by atoms with Crippen LogP contribution in [0.4, 0.5) is 13.2 Å². The van der Waals surface area contributed by atoms with Gasteiger partial charge in [-0.3, -0.25) is 0 Å². The first-order chi connectivity index (χ1) is 9.38. The number of nitrogens with zero attached hydrogens (tertiary/aromatic N) is 1. The molecule has 0 aromatic carbocycles. The summed E-state index contributed by atoms with van der Waals surface area (Å²) in [5.41, 5.74) is -0.829. The summed E-state index contributed by atoms with van der Waals surface area (Å²) in [5, 5.41) is 3.27. The Labute approximate surface area is 118 Å².